The molecule has 2 atom stereocenters. The monoisotopic (exact) mass is 521 g/mol. The van der Waals surface area contributed by atoms with E-state index in [9.17, 15) is 19.2 Å². The van der Waals surface area contributed by atoms with Crippen LogP contribution in [0.2, 0.25) is 0 Å². The molecule has 0 radical (unpaired) electrons. The molecule has 2 N–H and O–H groups in total. The summed E-state index contributed by atoms with van der Waals surface area (Å²) in [7, 11) is 1.54. The van der Waals surface area contributed by atoms with Crippen molar-refractivity contribution in [2.24, 2.45) is 7.05 Å². The van der Waals surface area contributed by atoms with Gasteiger partial charge in [-0.05, 0) is 57.9 Å². The molecule has 1 aromatic heterocycles. The number of likely N-dealkylation sites (tertiary alicyclic amines) is 1. The highest BCUT2D eigenvalue weighted by Crippen LogP contribution is 2.41. The van der Waals surface area contributed by atoms with E-state index in [4.69, 9.17) is 4.74 Å². The average Bonchev–Trinajstić information content (AvgIpc) is 3.02. The number of aromatic nitrogens is 2. The average molecular weight is 522 g/mol. The summed E-state index contributed by atoms with van der Waals surface area (Å²) in [5.74, 6) is -5.00. The number of benzene rings is 1. The minimum absolute atomic E-state index is 0.120. The Kier molecular flexibility index (Phi) is 7.15. The number of hydrogen-bond donors (Lipinski definition) is 2. The lowest BCUT2D eigenvalue weighted by atomic mass is 9.86. The summed E-state index contributed by atoms with van der Waals surface area (Å²) >= 11 is 0. The number of nitrogens with one attached hydrogen (secondary N) is 2. The zero-order valence-electron chi connectivity index (χ0n) is 21.5. The van der Waals surface area contributed by atoms with E-state index >= 15 is 8.78 Å². The highest BCUT2D eigenvalue weighted by Gasteiger charge is 2.45. The quantitative estimate of drug-likeness (QED) is 0.584. The molecule has 3 heterocycles. The van der Waals surface area contributed by atoms with Crippen LogP contribution in [-0.4, -0.2) is 69.6 Å². The number of imide groups is 1. The maximum Gasteiger partial charge on any atom is 0.407 e. The highest BCUT2D eigenvalue weighted by molar-refractivity contribution is 6.00. The van der Waals surface area contributed by atoms with E-state index in [2.05, 4.69) is 10.6 Å². The Labute approximate surface area is 212 Å². The summed E-state index contributed by atoms with van der Waals surface area (Å²) in [6, 6.07) is 3.95. The summed E-state index contributed by atoms with van der Waals surface area (Å²) in [5.41, 5.74) is 0.246. The maximum absolute atomic E-state index is 15.3. The van der Waals surface area contributed by atoms with Crippen LogP contribution in [-0.2, 0) is 21.4 Å². The first-order chi connectivity index (χ1) is 17.3. The van der Waals surface area contributed by atoms with Gasteiger partial charge in [-0.25, -0.2) is 18.4 Å². The molecule has 3 amide bonds. The predicted octanol–water partition coefficient (Wildman–Crippen LogP) is 2.27. The molecule has 0 aliphatic carbocycles. The third-order valence-corrected chi connectivity index (χ3v) is 6.81. The fraction of sp³-hybridized carbons (Fsp3) is 0.600. The van der Waals surface area contributed by atoms with Gasteiger partial charge < -0.3 is 10.1 Å². The molecule has 0 bridgehead atoms. The van der Waals surface area contributed by atoms with Crippen molar-refractivity contribution in [1.82, 2.24) is 24.7 Å². The van der Waals surface area contributed by atoms with Crippen molar-refractivity contribution in [1.29, 1.82) is 0 Å². The second-order valence-corrected chi connectivity index (χ2v) is 10.7. The van der Waals surface area contributed by atoms with Crippen LogP contribution in [0.25, 0.3) is 11.0 Å². The van der Waals surface area contributed by atoms with Gasteiger partial charge in [-0.3, -0.25) is 28.9 Å². The molecule has 2 unspecified atom stereocenters. The molecular weight excluding hydrogens is 488 g/mol. The van der Waals surface area contributed by atoms with E-state index in [1.54, 1.807) is 43.9 Å². The van der Waals surface area contributed by atoms with Crippen molar-refractivity contribution in [3.63, 3.8) is 0 Å². The molecule has 1 aromatic carbocycles. The molecule has 37 heavy (non-hydrogen) atoms. The van der Waals surface area contributed by atoms with Crippen LogP contribution >= 0.6 is 0 Å². The Balaban J connectivity index is 1.47. The SMILES string of the molecule is Cn1c(=O)n(C2CCC(=O)NC2=O)c2ccc(C3CCN(CCNC(=O)OC(C)(C)C)CC3(F)F)cc21. The van der Waals surface area contributed by atoms with Gasteiger partial charge >= 0.3 is 11.8 Å². The van der Waals surface area contributed by atoms with Crippen LogP contribution in [0, 0.1) is 0 Å². The molecule has 2 aliphatic heterocycles. The van der Waals surface area contributed by atoms with Gasteiger partial charge in [0.1, 0.15) is 11.6 Å². The van der Waals surface area contributed by atoms with E-state index in [0.29, 0.717) is 23.1 Å². The van der Waals surface area contributed by atoms with Crippen LogP contribution in [0.4, 0.5) is 13.6 Å². The Morgan fingerprint density at radius 2 is 1.92 bits per heavy atom. The number of carbonyl (C=O) groups is 3. The summed E-state index contributed by atoms with van der Waals surface area (Å²) in [5, 5.41) is 4.85. The number of alkyl carbamates (subject to hydrolysis) is 1. The van der Waals surface area contributed by atoms with Crippen molar-refractivity contribution < 1.29 is 27.9 Å². The molecule has 10 nitrogen and oxygen atoms in total. The lowest BCUT2D eigenvalue weighted by molar-refractivity contribution is -0.135. The van der Waals surface area contributed by atoms with Gasteiger partial charge in [0.2, 0.25) is 11.8 Å². The third kappa shape index (κ3) is 5.68. The molecule has 0 saturated carbocycles. The number of piperidine rings is 2. The number of amides is 3. The van der Waals surface area contributed by atoms with Gasteiger partial charge in [0.25, 0.3) is 5.92 Å². The predicted molar refractivity (Wildman–Crippen MR) is 132 cm³/mol. The number of rotatable bonds is 5. The normalized spacial score (nSPS) is 22.6. The van der Waals surface area contributed by atoms with E-state index in [0.717, 1.165) is 0 Å². The lowest BCUT2D eigenvalue weighted by Gasteiger charge is -2.38. The fourth-order valence-corrected chi connectivity index (χ4v) is 5.07. The summed E-state index contributed by atoms with van der Waals surface area (Å²) < 4.78 is 38.4. The van der Waals surface area contributed by atoms with Crippen LogP contribution in [0.1, 0.15) is 57.6 Å². The minimum atomic E-state index is -3.02. The number of ether oxygens (including phenoxy) is 1. The number of halogens is 2. The number of aryl methyl sites for hydroxylation is 1. The van der Waals surface area contributed by atoms with Gasteiger partial charge in [0, 0.05) is 26.6 Å². The topological polar surface area (TPSA) is 115 Å². The molecule has 12 heteroatoms. The van der Waals surface area contributed by atoms with Gasteiger partial charge in [-0.2, -0.15) is 0 Å². The van der Waals surface area contributed by atoms with Gasteiger partial charge in [0.05, 0.1) is 23.5 Å². The third-order valence-electron chi connectivity index (χ3n) is 6.81. The zero-order valence-corrected chi connectivity index (χ0v) is 21.5. The summed E-state index contributed by atoms with van der Waals surface area (Å²) in [6.07, 6.45) is -0.0651. The van der Waals surface area contributed by atoms with Crippen molar-refractivity contribution in [2.45, 2.75) is 63.5 Å². The molecule has 0 spiro atoms. The van der Waals surface area contributed by atoms with E-state index in [1.165, 1.54) is 16.2 Å². The zero-order chi connectivity index (χ0) is 27.1. The van der Waals surface area contributed by atoms with Gasteiger partial charge in [-0.15, -0.1) is 0 Å². The maximum atomic E-state index is 15.3. The minimum Gasteiger partial charge on any atom is -0.444 e. The molecule has 2 aliphatic rings. The summed E-state index contributed by atoms with van der Waals surface area (Å²) in [4.78, 5) is 50.3. The number of alkyl halides is 2. The molecule has 202 valence electrons. The largest absolute Gasteiger partial charge is 0.444 e. The summed E-state index contributed by atoms with van der Waals surface area (Å²) in [6.45, 7) is 5.67. The first-order valence-corrected chi connectivity index (χ1v) is 12.4. The Morgan fingerprint density at radius 3 is 2.57 bits per heavy atom. The number of fused-ring (bicyclic) bond motifs is 1. The second kappa shape index (κ2) is 9.88. The Hall–Kier alpha value is -3.28. The molecule has 2 aromatic rings. The van der Waals surface area contributed by atoms with Crippen LogP contribution in [0.15, 0.2) is 23.0 Å². The van der Waals surface area contributed by atoms with Crippen LogP contribution in [0.3, 0.4) is 0 Å². The van der Waals surface area contributed by atoms with E-state index in [1.807, 2.05) is 0 Å². The number of hydrogen-bond acceptors (Lipinski definition) is 6. The number of nitrogens with zero attached hydrogens (tertiary/aromatic N) is 3. The Bertz CT molecular complexity index is 1280. The van der Waals surface area contributed by atoms with Crippen LogP contribution in [0.5, 0.6) is 0 Å². The first-order valence-electron chi connectivity index (χ1n) is 12.4. The van der Waals surface area contributed by atoms with Crippen molar-refractivity contribution >= 4 is 28.9 Å². The first kappa shape index (κ1) is 26.8. The van der Waals surface area contributed by atoms with Crippen molar-refractivity contribution in [3.8, 4) is 0 Å². The van der Waals surface area contributed by atoms with E-state index in [-0.39, 0.29) is 38.3 Å². The second-order valence-electron chi connectivity index (χ2n) is 10.7. The number of carbonyl (C=O) groups excluding carboxylic acids is 3. The standard InChI is InChI=1S/C25H33F2N5O5/c1-24(2,3)37-22(35)28-10-12-31-11-9-16(25(26,27)14-31)15-5-6-17-19(13-15)30(4)23(36)32(17)18-7-8-20(33)29-21(18)34/h5-6,13,16,18H,7-12,14H2,1-4H3,(H,28,35)(H,29,33,34). The number of imidazole rings is 1. The van der Waals surface area contributed by atoms with Crippen molar-refractivity contribution in [2.75, 3.05) is 26.2 Å². The van der Waals surface area contributed by atoms with E-state index < -0.39 is 47.7 Å². The molecular formula is C25H33F2N5O5. The molecule has 2 fully saturated rings. The van der Waals surface area contributed by atoms with Crippen LogP contribution < -0.4 is 16.3 Å². The lowest BCUT2D eigenvalue weighted by Crippen LogP contribution is -2.49. The van der Waals surface area contributed by atoms with Gasteiger partial charge in [-0.1, -0.05) is 6.07 Å². The smallest absolute Gasteiger partial charge is 0.407 e. The fourth-order valence-electron chi connectivity index (χ4n) is 5.07. The Morgan fingerprint density at radius 1 is 1.19 bits per heavy atom. The molecule has 2 saturated heterocycles. The highest BCUT2D eigenvalue weighted by atomic mass is 19.3. The van der Waals surface area contributed by atoms with Gasteiger partial charge in [0.15, 0.2) is 0 Å². The van der Waals surface area contributed by atoms with Crippen molar-refractivity contribution in [3.05, 3.63) is 34.2 Å². The molecule has 4 rings (SSSR count).